The molecule has 0 radical (unpaired) electrons. The van der Waals surface area contributed by atoms with Gasteiger partial charge in [0.25, 0.3) is 0 Å². The maximum Gasteiger partial charge on any atom is 0.141 e. The third-order valence-corrected chi connectivity index (χ3v) is 4.13. The molecule has 126 valence electrons. The Morgan fingerprint density at radius 3 is 2.79 bits per heavy atom. The molecule has 0 aliphatic carbocycles. The van der Waals surface area contributed by atoms with Crippen LogP contribution in [0.25, 0.3) is 11.4 Å². The van der Waals surface area contributed by atoms with E-state index in [1.54, 1.807) is 41.5 Å². The maximum atomic E-state index is 12.9. The largest absolute Gasteiger partial charge is 0.382 e. The number of benzene rings is 1. The summed E-state index contributed by atoms with van der Waals surface area (Å²) >= 11 is 1.55. The number of methoxy groups -OCH3 is 1. The van der Waals surface area contributed by atoms with Crippen molar-refractivity contribution in [2.75, 3.05) is 20.3 Å². The highest BCUT2D eigenvalue weighted by Crippen LogP contribution is 2.21. The van der Waals surface area contributed by atoms with Crippen LogP contribution in [0.3, 0.4) is 0 Å². The topological polar surface area (TPSA) is 62.1 Å². The molecular weight excluding hydrogens is 331 g/mol. The van der Waals surface area contributed by atoms with Crippen molar-refractivity contribution in [3.63, 3.8) is 0 Å². The first-order valence-electron chi connectivity index (χ1n) is 7.40. The summed E-state index contributed by atoms with van der Waals surface area (Å²) in [4.78, 5) is 4.57. The van der Waals surface area contributed by atoms with Crippen LogP contribution in [-0.4, -0.2) is 40.3 Å². The summed E-state index contributed by atoms with van der Waals surface area (Å²) in [6.07, 6.45) is 2.46. The van der Waals surface area contributed by atoms with Gasteiger partial charge in [-0.15, -0.1) is 16.4 Å². The second-order valence-corrected chi connectivity index (χ2v) is 6.05. The summed E-state index contributed by atoms with van der Waals surface area (Å²) in [6, 6.07) is 6.45. The van der Waals surface area contributed by atoms with Crippen molar-refractivity contribution >= 4 is 11.3 Å². The average molecular weight is 348 g/mol. The zero-order chi connectivity index (χ0) is 16.8. The Morgan fingerprint density at radius 2 is 2.00 bits per heavy atom. The van der Waals surface area contributed by atoms with Crippen LogP contribution in [0.1, 0.15) is 10.6 Å². The molecule has 0 fully saturated rings. The Labute approximate surface area is 142 Å². The minimum absolute atomic E-state index is 0.233. The second-order valence-electron chi connectivity index (χ2n) is 5.10. The van der Waals surface area contributed by atoms with E-state index in [0.29, 0.717) is 32.1 Å². The van der Waals surface area contributed by atoms with E-state index in [1.165, 1.54) is 12.1 Å². The molecule has 3 rings (SSSR count). The van der Waals surface area contributed by atoms with Gasteiger partial charge in [-0.25, -0.2) is 14.1 Å². The van der Waals surface area contributed by atoms with Gasteiger partial charge in [-0.1, -0.05) is 17.3 Å². The van der Waals surface area contributed by atoms with Gasteiger partial charge >= 0.3 is 0 Å². The Hall–Kier alpha value is -2.16. The first-order valence-corrected chi connectivity index (χ1v) is 8.28. The van der Waals surface area contributed by atoms with E-state index in [0.717, 1.165) is 16.3 Å². The van der Waals surface area contributed by atoms with E-state index in [9.17, 15) is 4.39 Å². The Kier molecular flexibility index (Phi) is 5.63. The molecule has 0 saturated heterocycles. The van der Waals surface area contributed by atoms with E-state index in [-0.39, 0.29) is 5.82 Å². The summed E-state index contributed by atoms with van der Waals surface area (Å²) in [5.74, 6) is -0.233. The summed E-state index contributed by atoms with van der Waals surface area (Å²) in [5, 5.41) is 11.0. The fourth-order valence-corrected chi connectivity index (χ4v) is 2.89. The molecule has 24 heavy (non-hydrogen) atoms. The van der Waals surface area contributed by atoms with E-state index >= 15 is 0 Å². The molecule has 0 N–H and O–H groups in total. The second kappa shape index (κ2) is 8.09. The van der Waals surface area contributed by atoms with Crippen molar-refractivity contribution < 1.29 is 13.9 Å². The molecule has 3 aromatic rings. The van der Waals surface area contributed by atoms with Crippen LogP contribution in [-0.2, 0) is 22.6 Å². The van der Waals surface area contributed by atoms with E-state index in [2.05, 4.69) is 15.3 Å². The zero-order valence-electron chi connectivity index (χ0n) is 13.2. The van der Waals surface area contributed by atoms with Gasteiger partial charge in [0.2, 0.25) is 0 Å². The number of ether oxygens (including phenoxy) is 2. The number of halogens is 1. The van der Waals surface area contributed by atoms with E-state index < -0.39 is 0 Å². The van der Waals surface area contributed by atoms with Crippen LogP contribution in [0.5, 0.6) is 0 Å². The lowest BCUT2D eigenvalue weighted by atomic mass is 10.1. The predicted octanol–water partition coefficient (Wildman–Crippen LogP) is 2.75. The molecule has 0 amide bonds. The van der Waals surface area contributed by atoms with Crippen molar-refractivity contribution in [3.05, 3.63) is 52.2 Å². The van der Waals surface area contributed by atoms with Crippen LogP contribution in [0, 0.1) is 5.82 Å². The summed E-state index contributed by atoms with van der Waals surface area (Å²) in [7, 11) is 1.63. The minimum Gasteiger partial charge on any atom is -0.382 e. The number of thiazole rings is 1. The van der Waals surface area contributed by atoms with Crippen molar-refractivity contribution in [3.8, 4) is 11.4 Å². The fourth-order valence-electron chi connectivity index (χ4n) is 2.07. The smallest absolute Gasteiger partial charge is 0.141 e. The number of nitrogens with zero attached hydrogens (tertiary/aromatic N) is 4. The third kappa shape index (κ3) is 4.44. The fraction of sp³-hybridized carbons (Fsp3) is 0.312. The van der Waals surface area contributed by atoms with Gasteiger partial charge in [-0.05, 0) is 17.7 Å². The van der Waals surface area contributed by atoms with E-state index in [4.69, 9.17) is 9.47 Å². The normalized spacial score (nSPS) is 11.1. The van der Waals surface area contributed by atoms with Crippen molar-refractivity contribution in [1.82, 2.24) is 20.0 Å². The Balaban J connectivity index is 1.61. The lowest BCUT2D eigenvalue weighted by Crippen LogP contribution is -2.07. The quantitative estimate of drug-likeness (QED) is 0.586. The molecule has 2 heterocycles. The van der Waals surface area contributed by atoms with Crippen LogP contribution in [0.2, 0.25) is 0 Å². The average Bonchev–Trinajstić information content (AvgIpc) is 3.23. The number of hydrogen-bond donors (Lipinski definition) is 0. The number of rotatable bonds is 8. The molecule has 0 aliphatic heterocycles. The number of hydrogen-bond acceptors (Lipinski definition) is 6. The summed E-state index contributed by atoms with van der Waals surface area (Å²) < 4.78 is 24.9. The number of aromatic nitrogens is 4. The van der Waals surface area contributed by atoms with Crippen LogP contribution in [0.4, 0.5) is 4.39 Å². The molecule has 0 spiro atoms. The van der Waals surface area contributed by atoms with Gasteiger partial charge in [0.15, 0.2) is 0 Å². The standard InChI is InChI=1S/C16H17FN4O2S/c1-22-6-7-23-11-21-9-14(19-20-21)15-10-24-16(18-15)8-12-2-4-13(17)5-3-12/h2-5,9-10H,6-8,11H2,1H3. The van der Waals surface area contributed by atoms with Crippen molar-refractivity contribution in [1.29, 1.82) is 0 Å². The van der Waals surface area contributed by atoms with Gasteiger partial charge in [-0.2, -0.15) is 0 Å². The molecule has 8 heteroatoms. The molecule has 0 bridgehead atoms. The highest BCUT2D eigenvalue weighted by Gasteiger charge is 2.09. The lowest BCUT2D eigenvalue weighted by molar-refractivity contribution is 0.0281. The minimum atomic E-state index is -0.233. The lowest BCUT2D eigenvalue weighted by Gasteiger charge is -2.01. The van der Waals surface area contributed by atoms with Crippen LogP contribution < -0.4 is 0 Å². The Bertz CT molecular complexity index is 772. The first-order chi connectivity index (χ1) is 11.7. The molecule has 0 aliphatic rings. The SMILES string of the molecule is COCCOCn1cc(-c2csc(Cc3ccc(F)cc3)n2)nn1. The maximum absolute atomic E-state index is 12.9. The third-order valence-electron chi connectivity index (χ3n) is 3.28. The molecular formula is C16H17FN4O2S. The first kappa shape index (κ1) is 16.7. The van der Waals surface area contributed by atoms with Crippen LogP contribution >= 0.6 is 11.3 Å². The van der Waals surface area contributed by atoms with Crippen molar-refractivity contribution in [2.45, 2.75) is 13.2 Å². The van der Waals surface area contributed by atoms with Gasteiger partial charge in [-0.3, -0.25) is 0 Å². The van der Waals surface area contributed by atoms with Gasteiger partial charge < -0.3 is 9.47 Å². The van der Waals surface area contributed by atoms with Gasteiger partial charge in [0, 0.05) is 18.9 Å². The Morgan fingerprint density at radius 1 is 1.17 bits per heavy atom. The van der Waals surface area contributed by atoms with Crippen molar-refractivity contribution in [2.24, 2.45) is 0 Å². The molecule has 0 saturated carbocycles. The molecule has 1 aromatic carbocycles. The molecule has 0 unspecified atom stereocenters. The summed E-state index contributed by atoms with van der Waals surface area (Å²) in [6.45, 7) is 1.37. The van der Waals surface area contributed by atoms with Gasteiger partial charge in [0.05, 0.1) is 24.4 Å². The zero-order valence-corrected chi connectivity index (χ0v) is 14.0. The highest BCUT2D eigenvalue weighted by atomic mass is 32.1. The summed E-state index contributed by atoms with van der Waals surface area (Å²) in [5.41, 5.74) is 2.50. The molecule has 6 nitrogen and oxygen atoms in total. The van der Waals surface area contributed by atoms with Gasteiger partial charge in [0.1, 0.15) is 23.9 Å². The predicted molar refractivity (Wildman–Crippen MR) is 88.2 cm³/mol. The highest BCUT2D eigenvalue weighted by molar-refractivity contribution is 7.10. The molecule has 2 aromatic heterocycles. The monoisotopic (exact) mass is 348 g/mol. The van der Waals surface area contributed by atoms with Crippen LogP contribution in [0.15, 0.2) is 35.8 Å². The molecule has 0 atom stereocenters. The van der Waals surface area contributed by atoms with E-state index in [1.807, 2.05) is 5.38 Å².